The number of methoxy groups -OCH3 is 2. The van der Waals surface area contributed by atoms with E-state index in [1.807, 2.05) is 24.6 Å². The first-order chi connectivity index (χ1) is 27.5. The Bertz CT molecular complexity index is 2590. The highest BCUT2D eigenvalue weighted by Crippen LogP contribution is 2.43. The number of nitrogens with one attached hydrogen (secondary N) is 2. The second kappa shape index (κ2) is 15.5. The molecule has 56 heavy (non-hydrogen) atoms. The molecule has 4 aliphatic rings. The van der Waals surface area contributed by atoms with Crippen molar-refractivity contribution in [1.29, 1.82) is 0 Å². The Morgan fingerprint density at radius 2 is 1.29 bits per heavy atom. The van der Waals surface area contributed by atoms with Crippen LogP contribution in [0.4, 0.5) is 23.0 Å². The number of nitrogens with zero attached hydrogens (tertiary/aromatic N) is 9. The van der Waals surface area contributed by atoms with E-state index in [-0.39, 0.29) is 6.61 Å². The quantitative estimate of drug-likeness (QED) is 0.0737. The van der Waals surface area contributed by atoms with Crippen molar-refractivity contribution in [2.24, 2.45) is 26.9 Å². The second-order valence-corrected chi connectivity index (χ2v) is 16.5. The summed E-state index contributed by atoms with van der Waals surface area (Å²) in [4.78, 5) is 34.3. The van der Waals surface area contributed by atoms with Crippen molar-refractivity contribution in [3.8, 4) is 11.5 Å². The van der Waals surface area contributed by atoms with E-state index in [1.165, 1.54) is 32.0 Å². The van der Waals surface area contributed by atoms with Gasteiger partial charge in [0.05, 0.1) is 49.5 Å². The summed E-state index contributed by atoms with van der Waals surface area (Å²) >= 11 is 3.43. The second-order valence-electron chi connectivity index (χ2n) is 14.3. The predicted octanol–water partition coefficient (Wildman–Crippen LogP) is 8.26. The van der Waals surface area contributed by atoms with Gasteiger partial charge in [-0.3, -0.25) is 9.98 Å². The average molecular weight is 786 g/mol. The van der Waals surface area contributed by atoms with Crippen LogP contribution in [0.1, 0.15) is 56.0 Å². The van der Waals surface area contributed by atoms with Crippen molar-refractivity contribution in [2.45, 2.75) is 51.6 Å². The number of thiophene rings is 2. The van der Waals surface area contributed by atoms with Crippen molar-refractivity contribution >= 4 is 78.5 Å². The summed E-state index contributed by atoms with van der Waals surface area (Å²) in [5.41, 5.74) is 17.5. The highest BCUT2D eigenvalue weighted by atomic mass is 32.1. The number of benzene rings is 2. The molecule has 0 saturated heterocycles. The van der Waals surface area contributed by atoms with Crippen LogP contribution >= 0.6 is 22.7 Å². The van der Waals surface area contributed by atoms with E-state index >= 15 is 0 Å². The predicted molar refractivity (Wildman–Crippen MR) is 222 cm³/mol. The lowest BCUT2D eigenvalue weighted by Gasteiger charge is -2.20. The van der Waals surface area contributed by atoms with E-state index in [2.05, 4.69) is 62.7 Å². The van der Waals surface area contributed by atoms with E-state index in [4.69, 9.17) is 15.0 Å². The molecule has 0 radical (unpaired) electrons. The fraction of sp³-hybridized carbons (Fsp3) is 0.350. The van der Waals surface area contributed by atoms with Gasteiger partial charge in [-0.1, -0.05) is 5.11 Å². The minimum atomic E-state index is 0.248. The van der Waals surface area contributed by atoms with E-state index in [9.17, 15) is 5.11 Å². The van der Waals surface area contributed by atoms with Gasteiger partial charge >= 0.3 is 0 Å². The maximum atomic E-state index is 9.52. The fourth-order valence-electron chi connectivity index (χ4n) is 8.07. The Kier molecular flexibility index (Phi) is 9.94. The summed E-state index contributed by atoms with van der Waals surface area (Å²) in [6.45, 7) is 2.19. The van der Waals surface area contributed by atoms with Gasteiger partial charge in [-0.2, -0.15) is 0 Å². The van der Waals surface area contributed by atoms with Crippen LogP contribution in [-0.4, -0.2) is 64.8 Å². The molecule has 6 aromatic rings. The van der Waals surface area contributed by atoms with Crippen LogP contribution in [-0.2, 0) is 38.8 Å². The summed E-state index contributed by atoms with van der Waals surface area (Å²) in [5, 5.41) is 22.4. The van der Waals surface area contributed by atoms with Crippen LogP contribution in [0.5, 0.6) is 11.5 Å². The van der Waals surface area contributed by atoms with Crippen molar-refractivity contribution in [3.63, 3.8) is 0 Å². The number of azide groups is 1. The molecule has 2 atom stereocenters. The highest BCUT2D eigenvalue weighted by Gasteiger charge is 2.27. The number of hydrogen-bond donors (Lipinski definition) is 3. The molecule has 6 heterocycles. The summed E-state index contributed by atoms with van der Waals surface area (Å²) in [6.07, 6.45) is 12.8. The molecule has 2 aromatic carbocycles. The lowest BCUT2D eigenvalue weighted by atomic mass is 9.88. The number of aromatic nitrogens is 4. The monoisotopic (exact) mass is 785 g/mol. The zero-order valence-corrected chi connectivity index (χ0v) is 32.6. The van der Waals surface area contributed by atoms with Crippen LogP contribution in [0.2, 0.25) is 0 Å². The normalized spacial score (nSPS) is 17.3. The third-order valence-electron chi connectivity index (χ3n) is 11.0. The molecule has 0 amide bonds. The molecule has 14 nitrogen and oxygen atoms in total. The number of ether oxygens (including phenoxy) is 2. The molecule has 4 aromatic heterocycles. The number of aliphatic hydroxyl groups is 1. The Hall–Kier alpha value is -5.67. The Balaban J connectivity index is 0.000000147. The van der Waals surface area contributed by atoms with Gasteiger partial charge in [-0.05, 0) is 114 Å². The van der Waals surface area contributed by atoms with Gasteiger partial charge in [0, 0.05) is 40.2 Å². The molecule has 0 saturated carbocycles. The van der Waals surface area contributed by atoms with E-state index in [0.717, 1.165) is 105 Å². The maximum absolute atomic E-state index is 9.52. The lowest BCUT2D eigenvalue weighted by molar-refractivity contribution is 0.214. The molecule has 0 spiro atoms. The summed E-state index contributed by atoms with van der Waals surface area (Å²) < 4.78 is 11.2. The first kappa shape index (κ1) is 36.0. The number of aliphatic hydroxyl groups excluding tert-OH is 1. The summed E-state index contributed by atoms with van der Waals surface area (Å²) in [5.74, 6) is 3.93. The highest BCUT2D eigenvalue weighted by molar-refractivity contribution is 7.19. The van der Waals surface area contributed by atoms with Gasteiger partial charge in [-0.25, -0.2) is 19.9 Å². The molecule has 2 unspecified atom stereocenters. The molecule has 2 aliphatic carbocycles. The number of hydrogen-bond acceptors (Lipinski definition) is 14. The Morgan fingerprint density at radius 3 is 1.79 bits per heavy atom. The number of rotatable bonds is 9. The van der Waals surface area contributed by atoms with Crippen LogP contribution in [0.25, 0.3) is 30.9 Å². The molecule has 284 valence electrons. The smallest absolute Gasteiger partial charge is 0.142 e. The van der Waals surface area contributed by atoms with E-state index in [1.54, 1.807) is 49.5 Å². The number of fused-ring (bicyclic) bond motifs is 8. The van der Waals surface area contributed by atoms with Gasteiger partial charge in [-0.15, -0.1) is 22.7 Å². The van der Waals surface area contributed by atoms with Crippen LogP contribution in [0, 0.1) is 11.8 Å². The molecule has 0 bridgehead atoms. The van der Waals surface area contributed by atoms with Crippen molar-refractivity contribution in [2.75, 3.05) is 38.0 Å². The Labute approximate surface area is 330 Å². The zero-order valence-electron chi connectivity index (χ0n) is 30.9. The number of aliphatic imine (C=N–C) groups is 2. The van der Waals surface area contributed by atoms with Crippen LogP contribution in [0.15, 0.2) is 52.0 Å². The largest absolute Gasteiger partial charge is 0.495 e. The molecule has 0 fully saturated rings. The molecule has 3 N–H and O–H groups in total. The third-order valence-corrected chi connectivity index (χ3v) is 13.3. The fourth-order valence-corrected chi connectivity index (χ4v) is 10.7. The number of anilines is 4. The van der Waals surface area contributed by atoms with E-state index < -0.39 is 0 Å². The topological polar surface area (TPSA) is 188 Å². The zero-order chi connectivity index (χ0) is 38.2. The molecule has 10 rings (SSSR count). The number of aryl methyl sites for hydroxylation is 2. The SMILES string of the molecule is COc1cc2c(cc1Nc1ncnc3sc4c(c13)CCC(CN=[N+]=[N-])C4)C=NC2.COc1cc2c(cc1Nc1ncnc3sc4c(c13)CCC(CO)C4)C=NC2. The minimum Gasteiger partial charge on any atom is -0.495 e. The van der Waals surface area contributed by atoms with Gasteiger partial charge in [0.25, 0.3) is 0 Å². The summed E-state index contributed by atoms with van der Waals surface area (Å²) in [7, 11) is 3.36. The van der Waals surface area contributed by atoms with Crippen molar-refractivity contribution < 1.29 is 14.6 Å². The standard InChI is InChI=1S/C20H19N7OS.C20H20N4O2S/c1-28-16-6-13-9-22-8-12(13)5-15(16)26-19-18-14-3-2-11(7-25-27-21)4-17(14)29-20(18)24-10-23-19;1-26-16-6-13-8-21-7-12(13)5-15(16)24-19-18-14-3-2-11(9-25)4-17(14)27-20(18)23-10-22-19/h5-6,8,10-11H,2-4,7,9H2,1H3,(H,23,24,26);5-7,10-11,25H,2-4,8-9H2,1H3,(H,22,23,24). The average Bonchev–Trinajstić information content (AvgIpc) is 4.04. The first-order valence-electron chi connectivity index (χ1n) is 18.6. The molecule has 16 heteroatoms. The van der Waals surface area contributed by atoms with Gasteiger partial charge in [0.15, 0.2) is 0 Å². The van der Waals surface area contributed by atoms with Crippen LogP contribution in [0.3, 0.4) is 0 Å². The first-order valence-corrected chi connectivity index (χ1v) is 20.2. The Morgan fingerprint density at radius 1 is 0.768 bits per heavy atom. The molecular formula is C40H39N11O3S2. The third kappa shape index (κ3) is 6.78. The summed E-state index contributed by atoms with van der Waals surface area (Å²) in [6, 6.07) is 8.21. The van der Waals surface area contributed by atoms with Gasteiger partial charge in [0.1, 0.15) is 45.5 Å². The molecule has 2 aliphatic heterocycles. The van der Waals surface area contributed by atoms with Crippen molar-refractivity contribution in [1.82, 2.24) is 19.9 Å². The maximum Gasteiger partial charge on any atom is 0.142 e. The van der Waals surface area contributed by atoms with Crippen LogP contribution < -0.4 is 20.1 Å². The van der Waals surface area contributed by atoms with Crippen molar-refractivity contribution in [3.05, 3.63) is 90.5 Å². The van der Waals surface area contributed by atoms with Gasteiger partial charge < -0.3 is 25.2 Å². The molecular weight excluding hydrogens is 747 g/mol. The van der Waals surface area contributed by atoms with E-state index in [0.29, 0.717) is 31.5 Å². The minimum absolute atomic E-state index is 0.248. The van der Waals surface area contributed by atoms with Gasteiger partial charge in [0.2, 0.25) is 0 Å². The lowest BCUT2D eigenvalue weighted by Crippen LogP contribution is -2.15.